The second-order valence-electron chi connectivity index (χ2n) is 4.83. The molecule has 1 N–H and O–H groups in total. The van der Waals surface area contributed by atoms with Gasteiger partial charge in [-0.1, -0.05) is 91.0 Å². The topological polar surface area (TPSA) is 20.2 Å². The maximum Gasteiger partial charge on any atom is 0.106 e. The van der Waals surface area contributed by atoms with Gasteiger partial charge < -0.3 is 5.11 Å². The van der Waals surface area contributed by atoms with Crippen LogP contribution in [-0.2, 0) is 0 Å². The Morgan fingerprint density at radius 2 is 0.952 bits per heavy atom. The molecular weight excluding hydrogens is 275 g/mol. The molecule has 1 nitrogen and oxygen atoms in total. The van der Waals surface area contributed by atoms with E-state index < -0.39 is 13.8 Å². The predicted octanol–water partition coefficient (Wildman–Crippen LogP) is 3.81. The fourth-order valence-electron chi connectivity index (χ4n) is 2.38. The first kappa shape index (κ1) is 14.0. The monoisotopic (exact) mass is 292 g/mol. The molecule has 0 spiro atoms. The summed E-state index contributed by atoms with van der Waals surface area (Å²) >= 11 is 0. The molecule has 0 bridgehead atoms. The number of aliphatic hydroxyl groups excluding tert-OH is 1. The van der Waals surface area contributed by atoms with Gasteiger partial charge in [0.2, 0.25) is 0 Å². The molecule has 2 heteroatoms. The Bertz CT molecular complexity index is 628. The van der Waals surface area contributed by atoms with E-state index in [9.17, 15) is 5.11 Å². The van der Waals surface area contributed by atoms with Gasteiger partial charge in [-0.2, -0.15) is 0 Å². The summed E-state index contributed by atoms with van der Waals surface area (Å²) in [6, 6.07) is 30.5. The van der Waals surface area contributed by atoms with Gasteiger partial charge in [-0.25, -0.2) is 0 Å². The zero-order chi connectivity index (χ0) is 14.5. The second kappa shape index (κ2) is 6.67. The highest BCUT2D eigenvalue weighted by atomic mass is 31.1. The summed E-state index contributed by atoms with van der Waals surface area (Å²) in [6.45, 7) is 0. The minimum atomic E-state index is -0.833. The molecule has 0 amide bonds. The van der Waals surface area contributed by atoms with Crippen LogP contribution in [-0.4, -0.2) is 5.11 Å². The van der Waals surface area contributed by atoms with Crippen molar-refractivity contribution in [1.82, 2.24) is 0 Å². The first-order valence-electron chi connectivity index (χ1n) is 6.98. The Hall–Kier alpha value is -1.95. The largest absolute Gasteiger partial charge is 0.383 e. The van der Waals surface area contributed by atoms with Crippen molar-refractivity contribution in [3.8, 4) is 0 Å². The molecule has 3 aromatic rings. The van der Waals surface area contributed by atoms with E-state index in [0.717, 1.165) is 5.56 Å². The lowest BCUT2D eigenvalue weighted by molar-refractivity contribution is 0.266. The van der Waals surface area contributed by atoms with Gasteiger partial charge in [-0.15, -0.1) is 0 Å². The van der Waals surface area contributed by atoms with Crippen LogP contribution in [0.5, 0.6) is 0 Å². The van der Waals surface area contributed by atoms with E-state index in [-0.39, 0.29) is 0 Å². The Labute approximate surface area is 126 Å². The Morgan fingerprint density at radius 1 is 0.571 bits per heavy atom. The molecular formula is C19H17OP. The predicted molar refractivity (Wildman–Crippen MR) is 90.5 cm³/mol. The van der Waals surface area contributed by atoms with E-state index in [2.05, 4.69) is 24.3 Å². The van der Waals surface area contributed by atoms with Gasteiger partial charge in [0.15, 0.2) is 0 Å². The van der Waals surface area contributed by atoms with Gasteiger partial charge in [-0.3, -0.25) is 0 Å². The van der Waals surface area contributed by atoms with Crippen molar-refractivity contribution >= 4 is 18.5 Å². The number of aliphatic hydroxyl groups is 1. The van der Waals surface area contributed by atoms with Crippen LogP contribution < -0.4 is 10.6 Å². The minimum absolute atomic E-state index is 0.494. The van der Waals surface area contributed by atoms with Crippen LogP contribution in [0.25, 0.3) is 0 Å². The van der Waals surface area contributed by atoms with E-state index >= 15 is 0 Å². The van der Waals surface area contributed by atoms with Crippen molar-refractivity contribution in [2.45, 2.75) is 5.85 Å². The molecule has 0 aliphatic heterocycles. The summed E-state index contributed by atoms with van der Waals surface area (Å²) in [5, 5.41) is 13.3. The third-order valence-corrected chi connectivity index (χ3v) is 5.91. The summed E-state index contributed by atoms with van der Waals surface area (Å²) in [5.41, 5.74) is 0.969. The van der Waals surface area contributed by atoms with Gasteiger partial charge in [0, 0.05) is 0 Å². The molecule has 0 fully saturated rings. The molecule has 0 radical (unpaired) electrons. The molecule has 3 aromatic carbocycles. The fraction of sp³-hybridized carbons (Fsp3) is 0.0526. The molecule has 0 aliphatic rings. The third kappa shape index (κ3) is 3.21. The first-order chi connectivity index (χ1) is 10.4. The SMILES string of the molecule is O[C@@H](c1ccccc1)P(c1ccccc1)c1ccccc1. The average Bonchev–Trinajstić information content (AvgIpc) is 2.58. The van der Waals surface area contributed by atoms with Crippen LogP contribution in [0.4, 0.5) is 0 Å². The van der Waals surface area contributed by atoms with E-state index in [0.29, 0.717) is 0 Å². The molecule has 0 heterocycles. The minimum Gasteiger partial charge on any atom is -0.383 e. The van der Waals surface area contributed by atoms with Gasteiger partial charge >= 0.3 is 0 Å². The summed E-state index contributed by atoms with van der Waals surface area (Å²) in [4.78, 5) is 0. The van der Waals surface area contributed by atoms with E-state index in [1.165, 1.54) is 10.6 Å². The van der Waals surface area contributed by atoms with E-state index in [1.54, 1.807) is 0 Å². The summed E-state index contributed by atoms with van der Waals surface area (Å²) in [6.07, 6.45) is 0. The average molecular weight is 292 g/mol. The molecule has 0 saturated carbocycles. The van der Waals surface area contributed by atoms with Crippen LogP contribution in [0.1, 0.15) is 11.4 Å². The smallest absolute Gasteiger partial charge is 0.106 e. The van der Waals surface area contributed by atoms with Crippen molar-refractivity contribution in [2.24, 2.45) is 0 Å². The standard InChI is InChI=1S/C19H17OP/c20-19(16-10-4-1-5-11-16)21(17-12-6-2-7-13-17)18-14-8-3-9-15-18/h1-15,19-20H/t19-/m1/s1. The number of hydrogen-bond donors (Lipinski definition) is 1. The van der Waals surface area contributed by atoms with Crippen molar-refractivity contribution in [1.29, 1.82) is 0 Å². The Morgan fingerprint density at radius 3 is 1.38 bits per heavy atom. The lowest BCUT2D eigenvalue weighted by Crippen LogP contribution is -2.16. The molecule has 104 valence electrons. The highest BCUT2D eigenvalue weighted by Gasteiger charge is 2.23. The quantitative estimate of drug-likeness (QED) is 0.725. The summed E-state index contributed by atoms with van der Waals surface area (Å²) in [7, 11) is -0.833. The van der Waals surface area contributed by atoms with Gasteiger partial charge in [-0.05, 0) is 24.1 Å². The maximum absolute atomic E-state index is 10.9. The highest BCUT2D eigenvalue weighted by Crippen LogP contribution is 2.47. The zero-order valence-electron chi connectivity index (χ0n) is 11.6. The molecule has 21 heavy (non-hydrogen) atoms. The highest BCUT2D eigenvalue weighted by molar-refractivity contribution is 7.73. The van der Waals surface area contributed by atoms with Crippen molar-refractivity contribution < 1.29 is 5.11 Å². The van der Waals surface area contributed by atoms with E-state index in [4.69, 9.17) is 0 Å². The summed E-state index contributed by atoms with van der Waals surface area (Å²) < 4.78 is 0. The molecule has 3 rings (SSSR count). The van der Waals surface area contributed by atoms with Crippen LogP contribution in [0.15, 0.2) is 91.0 Å². The first-order valence-corrected chi connectivity index (χ1v) is 8.40. The maximum atomic E-state index is 10.9. The van der Waals surface area contributed by atoms with Crippen LogP contribution in [0.3, 0.4) is 0 Å². The molecule has 0 unspecified atom stereocenters. The molecule has 0 saturated heterocycles. The van der Waals surface area contributed by atoms with Crippen molar-refractivity contribution in [3.05, 3.63) is 96.6 Å². The van der Waals surface area contributed by atoms with E-state index in [1.807, 2.05) is 66.7 Å². The lowest BCUT2D eigenvalue weighted by atomic mass is 10.2. The van der Waals surface area contributed by atoms with Crippen molar-refractivity contribution in [2.75, 3.05) is 0 Å². The molecule has 0 aliphatic carbocycles. The Balaban J connectivity index is 2.05. The van der Waals surface area contributed by atoms with Gasteiger partial charge in [0.25, 0.3) is 0 Å². The van der Waals surface area contributed by atoms with Crippen LogP contribution in [0.2, 0.25) is 0 Å². The number of rotatable bonds is 4. The second-order valence-corrected chi connectivity index (χ2v) is 7.09. The normalized spacial score (nSPS) is 12.3. The third-order valence-electron chi connectivity index (χ3n) is 3.41. The Kier molecular flexibility index (Phi) is 4.45. The van der Waals surface area contributed by atoms with Crippen molar-refractivity contribution in [3.63, 3.8) is 0 Å². The molecule has 0 aromatic heterocycles. The zero-order valence-corrected chi connectivity index (χ0v) is 12.5. The lowest BCUT2D eigenvalue weighted by Gasteiger charge is -2.24. The fourth-order valence-corrected chi connectivity index (χ4v) is 4.70. The van der Waals surface area contributed by atoms with Gasteiger partial charge in [0.1, 0.15) is 5.85 Å². The van der Waals surface area contributed by atoms with Gasteiger partial charge in [0.05, 0.1) is 0 Å². The number of hydrogen-bond acceptors (Lipinski definition) is 1. The number of benzene rings is 3. The van der Waals surface area contributed by atoms with Crippen LogP contribution in [0, 0.1) is 0 Å². The van der Waals surface area contributed by atoms with Crippen LogP contribution >= 0.6 is 7.92 Å². The summed E-state index contributed by atoms with van der Waals surface area (Å²) in [5.74, 6) is -0.494. The molecule has 1 atom stereocenters.